The van der Waals surface area contributed by atoms with Crippen LogP contribution < -0.4 is 5.73 Å². The highest BCUT2D eigenvalue weighted by atomic mass is 16.5. The van der Waals surface area contributed by atoms with Gasteiger partial charge in [0.15, 0.2) is 0 Å². The third kappa shape index (κ3) is 1.97. The van der Waals surface area contributed by atoms with Crippen LogP contribution in [-0.2, 0) is 9.53 Å². The molecule has 1 saturated carbocycles. The minimum Gasteiger partial charge on any atom is -0.469 e. The monoisotopic (exact) mass is 171 g/mol. The summed E-state index contributed by atoms with van der Waals surface area (Å²) < 4.78 is 4.63. The molecule has 0 amide bonds. The predicted octanol–water partition coefficient (Wildman–Crippen LogP) is 0.924. The lowest BCUT2D eigenvalue weighted by molar-refractivity contribution is -0.143. The zero-order chi connectivity index (χ0) is 9.19. The van der Waals surface area contributed by atoms with Gasteiger partial charge in [-0.1, -0.05) is 6.92 Å². The van der Waals surface area contributed by atoms with E-state index in [2.05, 4.69) is 11.7 Å². The van der Waals surface area contributed by atoms with Crippen molar-refractivity contribution in [2.75, 3.05) is 13.7 Å². The molecule has 70 valence electrons. The predicted molar refractivity (Wildman–Crippen MR) is 46.5 cm³/mol. The molecule has 0 aromatic carbocycles. The van der Waals surface area contributed by atoms with Crippen molar-refractivity contribution in [1.82, 2.24) is 0 Å². The Kier molecular flexibility index (Phi) is 2.73. The number of carbonyl (C=O) groups is 1. The molecule has 2 N–H and O–H groups in total. The van der Waals surface area contributed by atoms with E-state index >= 15 is 0 Å². The van der Waals surface area contributed by atoms with Crippen molar-refractivity contribution in [3.8, 4) is 0 Å². The second kappa shape index (κ2) is 3.44. The van der Waals surface area contributed by atoms with Gasteiger partial charge in [-0.3, -0.25) is 4.79 Å². The summed E-state index contributed by atoms with van der Waals surface area (Å²) in [4.78, 5) is 11.0. The summed E-state index contributed by atoms with van der Waals surface area (Å²) in [5, 5.41) is 0. The summed E-state index contributed by atoms with van der Waals surface area (Å²) in [6.07, 6.45) is 2.89. The number of hydrogen-bond acceptors (Lipinski definition) is 3. The van der Waals surface area contributed by atoms with Crippen LogP contribution in [0, 0.1) is 11.3 Å². The largest absolute Gasteiger partial charge is 0.469 e. The highest BCUT2D eigenvalue weighted by Gasteiger charge is 2.41. The Morgan fingerprint density at radius 2 is 2.25 bits per heavy atom. The number of ether oxygens (including phenoxy) is 1. The average Bonchev–Trinajstić information content (AvgIpc) is 2.86. The smallest absolute Gasteiger partial charge is 0.306 e. The van der Waals surface area contributed by atoms with Crippen LogP contribution >= 0.6 is 0 Å². The van der Waals surface area contributed by atoms with Gasteiger partial charge in [-0.25, -0.2) is 0 Å². The lowest BCUT2D eigenvalue weighted by Crippen LogP contribution is -2.32. The second-order valence-electron chi connectivity index (χ2n) is 3.89. The van der Waals surface area contributed by atoms with Gasteiger partial charge in [0.25, 0.3) is 0 Å². The molecule has 0 radical (unpaired) electrons. The molecule has 1 fully saturated rings. The summed E-state index contributed by atoms with van der Waals surface area (Å²) >= 11 is 0. The van der Waals surface area contributed by atoms with E-state index in [4.69, 9.17) is 5.73 Å². The molecule has 1 aliphatic carbocycles. The maximum atomic E-state index is 11.0. The van der Waals surface area contributed by atoms with Gasteiger partial charge in [-0.15, -0.1) is 0 Å². The average molecular weight is 171 g/mol. The van der Waals surface area contributed by atoms with Gasteiger partial charge in [0.05, 0.1) is 13.5 Å². The number of methoxy groups -OCH3 is 1. The van der Waals surface area contributed by atoms with Gasteiger partial charge >= 0.3 is 5.97 Å². The first kappa shape index (κ1) is 9.52. The van der Waals surface area contributed by atoms with E-state index < -0.39 is 0 Å². The number of hydrogen-bond donors (Lipinski definition) is 1. The van der Waals surface area contributed by atoms with Crippen LogP contribution in [0.1, 0.15) is 26.2 Å². The van der Waals surface area contributed by atoms with Crippen LogP contribution in [0.5, 0.6) is 0 Å². The molecule has 0 aromatic rings. The van der Waals surface area contributed by atoms with E-state index in [9.17, 15) is 4.79 Å². The molecule has 12 heavy (non-hydrogen) atoms. The molecule has 1 unspecified atom stereocenters. The van der Waals surface area contributed by atoms with Crippen molar-refractivity contribution < 1.29 is 9.53 Å². The second-order valence-corrected chi connectivity index (χ2v) is 3.89. The molecule has 3 nitrogen and oxygen atoms in total. The van der Waals surface area contributed by atoms with Crippen molar-refractivity contribution in [2.24, 2.45) is 17.1 Å². The Balaban J connectivity index is 2.48. The van der Waals surface area contributed by atoms with E-state index in [1.165, 1.54) is 20.0 Å². The number of esters is 1. The minimum absolute atomic E-state index is 0.0207. The van der Waals surface area contributed by atoms with Gasteiger partial charge in [0.1, 0.15) is 0 Å². The van der Waals surface area contributed by atoms with Gasteiger partial charge in [0, 0.05) is 0 Å². The van der Waals surface area contributed by atoms with Crippen molar-refractivity contribution in [3.63, 3.8) is 0 Å². The molecule has 1 aliphatic rings. The fourth-order valence-electron chi connectivity index (χ4n) is 1.57. The molecule has 0 aliphatic heterocycles. The van der Waals surface area contributed by atoms with Crippen LogP contribution in [0.4, 0.5) is 0 Å². The molecule has 1 rings (SSSR count). The Morgan fingerprint density at radius 3 is 2.58 bits per heavy atom. The highest BCUT2D eigenvalue weighted by Crippen LogP contribution is 2.46. The molecule has 0 aromatic heterocycles. The lowest BCUT2D eigenvalue weighted by atomic mass is 9.82. The molecule has 0 heterocycles. The van der Waals surface area contributed by atoms with Gasteiger partial charge < -0.3 is 10.5 Å². The lowest BCUT2D eigenvalue weighted by Gasteiger charge is -2.26. The minimum atomic E-state index is -0.144. The first-order chi connectivity index (χ1) is 5.62. The quantitative estimate of drug-likeness (QED) is 0.640. The van der Waals surface area contributed by atoms with E-state index in [-0.39, 0.29) is 11.4 Å². The van der Waals surface area contributed by atoms with Crippen molar-refractivity contribution in [1.29, 1.82) is 0 Å². The summed E-state index contributed by atoms with van der Waals surface area (Å²) in [5.74, 6) is 0.497. The summed E-state index contributed by atoms with van der Waals surface area (Å²) in [7, 11) is 1.42. The molecule has 0 saturated heterocycles. The maximum absolute atomic E-state index is 11.0. The maximum Gasteiger partial charge on any atom is 0.306 e. The number of carbonyl (C=O) groups excluding carboxylic acids is 1. The third-order valence-electron chi connectivity index (χ3n) is 2.81. The number of nitrogens with two attached hydrogens (primary N) is 1. The summed E-state index contributed by atoms with van der Waals surface area (Å²) in [5.41, 5.74) is 5.62. The zero-order valence-electron chi connectivity index (χ0n) is 7.80. The van der Waals surface area contributed by atoms with Crippen LogP contribution in [-0.4, -0.2) is 19.6 Å². The van der Waals surface area contributed by atoms with Gasteiger partial charge in [-0.2, -0.15) is 0 Å². The van der Waals surface area contributed by atoms with Crippen molar-refractivity contribution in [2.45, 2.75) is 26.2 Å². The fraction of sp³-hybridized carbons (Fsp3) is 0.889. The molecular formula is C9H17NO2. The van der Waals surface area contributed by atoms with Crippen molar-refractivity contribution >= 4 is 5.97 Å². The van der Waals surface area contributed by atoms with Crippen LogP contribution in [0.15, 0.2) is 0 Å². The Labute approximate surface area is 73.3 Å². The molecule has 0 bridgehead atoms. The SMILES string of the molecule is COC(=O)CC(C)(CN)C1CC1. The highest BCUT2D eigenvalue weighted by molar-refractivity contribution is 5.70. The Hall–Kier alpha value is -0.570. The summed E-state index contributed by atoms with van der Waals surface area (Å²) in [6, 6.07) is 0. The molecule has 0 spiro atoms. The third-order valence-corrected chi connectivity index (χ3v) is 2.81. The molecule has 1 atom stereocenters. The van der Waals surface area contributed by atoms with Crippen LogP contribution in [0.3, 0.4) is 0 Å². The first-order valence-electron chi connectivity index (χ1n) is 4.39. The zero-order valence-corrected chi connectivity index (χ0v) is 7.80. The number of rotatable bonds is 4. The normalized spacial score (nSPS) is 21.6. The fourth-order valence-corrected chi connectivity index (χ4v) is 1.57. The van der Waals surface area contributed by atoms with Gasteiger partial charge in [0.2, 0.25) is 0 Å². The Bertz CT molecular complexity index is 177. The van der Waals surface area contributed by atoms with E-state index in [1.54, 1.807) is 0 Å². The topological polar surface area (TPSA) is 52.3 Å². The van der Waals surface area contributed by atoms with E-state index in [1.807, 2.05) is 0 Å². The van der Waals surface area contributed by atoms with Crippen molar-refractivity contribution in [3.05, 3.63) is 0 Å². The summed E-state index contributed by atoms with van der Waals surface area (Å²) in [6.45, 7) is 2.65. The Morgan fingerprint density at radius 1 is 1.67 bits per heavy atom. The van der Waals surface area contributed by atoms with E-state index in [0.717, 1.165) is 0 Å². The van der Waals surface area contributed by atoms with Crippen LogP contribution in [0.2, 0.25) is 0 Å². The first-order valence-corrected chi connectivity index (χ1v) is 4.39. The van der Waals surface area contributed by atoms with E-state index in [0.29, 0.717) is 18.9 Å². The molecule has 3 heteroatoms. The molecular weight excluding hydrogens is 154 g/mol. The van der Waals surface area contributed by atoms with Gasteiger partial charge in [-0.05, 0) is 30.7 Å². The van der Waals surface area contributed by atoms with Crippen LogP contribution in [0.25, 0.3) is 0 Å². The standard InChI is InChI=1S/C9H17NO2/c1-9(6-10,7-3-4-7)5-8(11)12-2/h7H,3-6,10H2,1-2H3.